The average Bonchev–Trinajstić information content (AvgIpc) is 2.64. The van der Waals surface area contributed by atoms with Crippen molar-refractivity contribution in [1.82, 2.24) is 15.1 Å². The van der Waals surface area contributed by atoms with E-state index in [0.29, 0.717) is 6.42 Å². The standard InChI is InChI=1S/C13H16FN3O/c1-15-8-7-11-12(16-17(2)13(11)18)9-3-5-10(14)6-4-9/h3-6,15-16H,7-8H2,1-2H3. The molecule has 1 aromatic heterocycles. The van der Waals surface area contributed by atoms with Crippen LogP contribution in [0.2, 0.25) is 0 Å². The van der Waals surface area contributed by atoms with Gasteiger partial charge in [-0.15, -0.1) is 0 Å². The van der Waals surface area contributed by atoms with Crippen LogP contribution < -0.4 is 10.9 Å². The highest BCUT2D eigenvalue weighted by atomic mass is 19.1. The van der Waals surface area contributed by atoms with Gasteiger partial charge in [0.25, 0.3) is 5.56 Å². The van der Waals surface area contributed by atoms with E-state index in [2.05, 4.69) is 10.4 Å². The summed E-state index contributed by atoms with van der Waals surface area (Å²) >= 11 is 0. The number of aromatic amines is 1. The zero-order chi connectivity index (χ0) is 13.1. The summed E-state index contributed by atoms with van der Waals surface area (Å²) in [5, 5.41) is 6.03. The van der Waals surface area contributed by atoms with Gasteiger partial charge < -0.3 is 5.32 Å². The van der Waals surface area contributed by atoms with E-state index in [-0.39, 0.29) is 11.4 Å². The second kappa shape index (κ2) is 5.18. The van der Waals surface area contributed by atoms with Crippen molar-refractivity contribution in [3.05, 3.63) is 46.0 Å². The fraction of sp³-hybridized carbons (Fsp3) is 0.308. The topological polar surface area (TPSA) is 49.8 Å². The van der Waals surface area contributed by atoms with Gasteiger partial charge in [0, 0.05) is 18.2 Å². The van der Waals surface area contributed by atoms with E-state index in [4.69, 9.17) is 0 Å². The molecule has 0 unspecified atom stereocenters. The van der Waals surface area contributed by atoms with Crippen molar-refractivity contribution < 1.29 is 4.39 Å². The molecule has 2 aromatic rings. The minimum absolute atomic E-state index is 0.0374. The number of H-pyrrole nitrogens is 1. The molecule has 4 nitrogen and oxygen atoms in total. The molecule has 0 saturated carbocycles. The largest absolute Gasteiger partial charge is 0.319 e. The summed E-state index contributed by atoms with van der Waals surface area (Å²) in [5.41, 5.74) is 2.26. The molecule has 2 rings (SSSR count). The SMILES string of the molecule is CNCCc1c(-c2ccc(F)cc2)[nH]n(C)c1=O. The Kier molecular flexibility index (Phi) is 3.62. The Morgan fingerprint density at radius 3 is 2.61 bits per heavy atom. The average molecular weight is 249 g/mol. The van der Waals surface area contributed by atoms with Gasteiger partial charge >= 0.3 is 0 Å². The summed E-state index contributed by atoms with van der Waals surface area (Å²) in [6, 6.07) is 6.12. The monoisotopic (exact) mass is 249 g/mol. The van der Waals surface area contributed by atoms with Crippen LogP contribution in [0.25, 0.3) is 11.3 Å². The smallest absolute Gasteiger partial charge is 0.270 e. The summed E-state index contributed by atoms with van der Waals surface area (Å²) in [5.74, 6) is -0.284. The highest BCUT2D eigenvalue weighted by Gasteiger charge is 2.13. The maximum atomic E-state index is 12.9. The van der Waals surface area contributed by atoms with Crippen molar-refractivity contribution in [2.24, 2.45) is 7.05 Å². The van der Waals surface area contributed by atoms with Crippen LogP contribution in [0.4, 0.5) is 4.39 Å². The number of hydrogen-bond donors (Lipinski definition) is 2. The first kappa shape index (κ1) is 12.6. The number of nitrogens with zero attached hydrogens (tertiary/aromatic N) is 1. The van der Waals surface area contributed by atoms with Crippen molar-refractivity contribution >= 4 is 0 Å². The lowest BCUT2D eigenvalue weighted by Gasteiger charge is -2.02. The van der Waals surface area contributed by atoms with Crippen molar-refractivity contribution in [3.8, 4) is 11.3 Å². The molecule has 0 spiro atoms. The van der Waals surface area contributed by atoms with E-state index < -0.39 is 0 Å². The Labute approximate surface area is 104 Å². The molecule has 0 saturated heterocycles. The Hall–Kier alpha value is -1.88. The molecule has 1 heterocycles. The van der Waals surface area contributed by atoms with Gasteiger partial charge in [-0.1, -0.05) is 0 Å². The van der Waals surface area contributed by atoms with Gasteiger partial charge in [-0.05, 0) is 44.3 Å². The lowest BCUT2D eigenvalue weighted by molar-refractivity contribution is 0.628. The van der Waals surface area contributed by atoms with Crippen LogP contribution in [0.15, 0.2) is 29.1 Å². The van der Waals surface area contributed by atoms with Crippen LogP contribution in [-0.2, 0) is 13.5 Å². The number of nitrogens with one attached hydrogen (secondary N) is 2. The number of benzene rings is 1. The van der Waals surface area contributed by atoms with Gasteiger partial charge in [0.15, 0.2) is 0 Å². The van der Waals surface area contributed by atoms with Crippen molar-refractivity contribution in [2.75, 3.05) is 13.6 Å². The predicted octanol–water partition coefficient (Wildman–Crippen LogP) is 1.28. The third-order valence-corrected chi connectivity index (χ3v) is 2.90. The second-order valence-corrected chi connectivity index (χ2v) is 4.19. The number of aromatic nitrogens is 2. The van der Waals surface area contributed by atoms with Gasteiger partial charge in [0.1, 0.15) is 5.82 Å². The molecular weight excluding hydrogens is 233 g/mol. The molecule has 0 aliphatic carbocycles. The molecule has 0 radical (unpaired) electrons. The molecule has 5 heteroatoms. The Bertz CT molecular complexity index is 583. The third-order valence-electron chi connectivity index (χ3n) is 2.90. The molecular formula is C13H16FN3O. The minimum Gasteiger partial charge on any atom is -0.319 e. The van der Waals surface area contributed by atoms with E-state index in [0.717, 1.165) is 23.4 Å². The fourth-order valence-corrected chi connectivity index (χ4v) is 1.93. The van der Waals surface area contributed by atoms with Crippen molar-refractivity contribution in [3.63, 3.8) is 0 Å². The Morgan fingerprint density at radius 1 is 1.33 bits per heavy atom. The van der Waals surface area contributed by atoms with Crippen LogP contribution in [0.5, 0.6) is 0 Å². The van der Waals surface area contributed by atoms with Crippen molar-refractivity contribution in [1.29, 1.82) is 0 Å². The highest BCUT2D eigenvalue weighted by Crippen LogP contribution is 2.20. The lowest BCUT2D eigenvalue weighted by Crippen LogP contribution is -2.19. The first-order valence-corrected chi connectivity index (χ1v) is 5.82. The van der Waals surface area contributed by atoms with Gasteiger partial charge in [0.2, 0.25) is 0 Å². The molecule has 0 fully saturated rings. The Morgan fingerprint density at radius 2 is 2.00 bits per heavy atom. The summed E-state index contributed by atoms with van der Waals surface area (Å²) in [7, 11) is 3.52. The van der Waals surface area contributed by atoms with Crippen LogP contribution in [0.3, 0.4) is 0 Å². The summed E-state index contributed by atoms with van der Waals surface area (Å²) < 4.78 is 14.4. The lowest BCUT2D eigenvalue weighted by atomic mass is 10.1. The summed E-state index contributed by atoms with van der Waals surface area (Å²) in [4.78, 5) is 12.0. The quantitative estimate of drug-likeness (QED) is 0.857. The molecule has 0 aliphatic heterocycles. The Balaban J connectivity index is 2.46. The normalized spacial score (nSPS) is 10.8. The number of aryl methyl sites for hydroxylation is 1. The van der Waals surface area contributed by atoms with E-state index in [1.54, 1.807) is 19.2 Å². The van der Waals surface area contributed by atoms with Gasteiger partial charge in [-0.25, -0.2) is 4.39 Å². The molecule has 0 atom stereocenters. The predicted molar refractivity (Wildman–Crippen MR) is 69.1 cm³/mol. The second-order valence-electron chi connectivity index (χ2n) is 4.19. The van der Waals surface area contributed by atoms with Gasteiger partial charge in [-0.3, -0.25) is 14.6 Å². The van der Waals surface area contributed by atoms with E-state index in [9.17, 15) is 9.18 Å². The van der Waals surface area contributed by atoms with Crippen LogP contribution in [-0.4, -0.2) is 23.4 Å². The molecule has 96 valence electrons. The molecule has 0 aliphatic rings. The zero-order valence-electron chi connectivity index (χ0n) is 10.5. The van der Waals surface area contributed by atoms with E-state index in [1.807, 2.05) is 7.05 Å². The molecule has 18 heavy (non-hydrogen) atoms. The fourth-order valence-electron chi connectivity index (χ4n) is 1.93. The first-order chi connectivity index (χ1) is 8.63. The molecule has 0 bridgehead atoms. The number of rotatable bonds is 4. The highest BCUT2D eigenvalue weighted by molar-refractivity contribution is 5.62. The van der Waals surface area contributed by atoms with Gasteiger partial charge in [0.05, 0.1) is 5.69 Å². The van der Waals surface area contributed by atoms with E-state index in [1.165, 1.54) is 16.8 Å². The molecule has 0 amide bonds. The van der Waals surface area contributed by atoms with Crippen LogP contribution in [0, 0.1) is 5.82 Å². The number of likely N-dealkylation sites (N-methyl/N-ethyl adjacent to an activating group) is 1. The number of hydrogen-bond acceptors (Lipinski definition) is 2. The van der Waals surface area contributed by atoms with Crippen molar-refractivity contribution in [2.45, 2.75) is 6.42 Å². The third kappa shape index (κ3) is 2.36. The number of halogens is 1. The first-order valence-electron chi connectivity index (χ1n) is 5.82. The molecule has 2 N–H and O–H groups in total. The minimum atomic E-state index is -0.284. The van der Waals surface area contributed by atoms with Crippen LogP contribution in [0.1, 0.15) is 5.56 Å². The van der Waals surface area contributed by atoms with E-state index >= 15 is 0 Å². The van der Waals surface area contributed by atoms with Crippen LogP contribution >= 0.6 is 0 Å². The zero-order valence-corrected chi connectivity index (χ0v) is 10.5. The summed E-state index contributed by atoms with van der Waals surface area (Å²) in [6.07, 6.45) is 0.638. The molecule has 1 aromatic carbocycles. The maximum Gasteiger partial charge on any atom is 0.270 e. The van der Waals surface area contributed by atoms with Gasteiger partial charge in [-0.2, -0.15) is 0 Å². The maximum absolute atomic E-state index is 12.9. The summed E-state index contributed by atoms with van der Waals surface area (Å²) in [6.45, 7) is 0.724.